The van der Waals surface area contributed by atoms with Gasteiger partial charge in [0.05, 0.1) is 35.6 Å². The fourth-order valence-electron chi connectivity index (χ4n) is 1.88. The summed E-state index contributed by atoms with van der Waals surface area (Å²) in [6, 6.07) is 14.2. The number of nitrogens with zero attached hydrogens (tertiary/aromatic N) is 1. The molecule has 0 bridgehead atoms. The first-order chi connectivity index (χ1) is 10.1. The molecule has 0 amide bonds. The van der Waals surface area contributed by atoms with Crippen molar-refractivity contribution in [1.29, 1.82) is 5.26 Å². The summed E-state index contributed by atoms with van der Waals surface area (Å²) in [5.74, 6) is 0.744. The molecule has 0 saturated heterocycles. The molecule has 0 aliphatic carbocycles. The molecule has 1 atom stereocenters. The Morgan fingerprint density at radius 2 is 2.00 bits per heavy atom. The number of aliphatic hydroxyl groups excluding tert-OH is 1. The summed E-state index contributed by atoms with van der Waals surface area (Å²) in [5.41, 5.74) is 1.97. The van der Waals surface area contributed by atoms with Gasteiger partial charge >= 0.3 is 0 Å². The number of ether oxygens (including phenoxy) is 1. The number of aliphatic hydroxyl groups is 1. The van der Waals surface area contributed by atoms with Crippen molar-refractivity contribution in [2.75, 3.05) is 19.0 Å². The summed E-state index contributed by atoms with van der Waals surface area (Å²) in [6.07, 6.45) is -0.664. The molecule has 1 unspecified atom stereocenters. The zero-order valence-electron chi connectivity index (χ0n) is 11.5. The van der Waals surface area contributed by atoms with Gasteiger partial charge in [0.15, 0.2) is 0 Å². The van der Waals surface area contributed by atoms with E-state index in [0.717, 1.165) is 11.3 Å². The third-order valence-corrected chi connectivity index (χ3v) is 3.40. The highest BCUT2D eigenvalue weighted by atomic mass is 35.5. The normalized spacial score (nSPS) is 11.5. The van der Waals surface area contributed by atoms with Crippen molar-refractivity contribution in [1.82, 2.24) is 0 Å². The summed E-state index contributed by atoms with van der Waals surface area (Å²) < 4.78 is 5.07. The van der Waals surface area contributed by atoms with Crippen LogP contribution in [0.2, 0.25) is 5.02 Å². The summed E-state index contributed by atoms with van der Waals surface area (Å²) in [5, 5.41) is 22.4. The van der Waals surface area contributed by atoms with E-state index in [1.165, 1.54) is 0 Å². The van der Waals surface area contributed by atoms with Crippen LogP contribution in [0.5, 0.6) is 5.75 Å². The Hall–Kier alpha value is -2.22. The van der Waals surface area contributed by atoms with Gasteiger partial charge in [-0.15, -0.1) is 0 Å². The Morgan fingerprint density at radius 3 is 2.57 bits per heavy atom. The van der Waals surface area contributed by atoms with Crippen molar-refractivity contribution in [2.24, 2.45) is 0 Å². The Bertz CT molecular complexity index is 650. The fourth-order valence-corrected chi connectivity index (χ4v) is 2.13. The van der Waals surface area contributed by atoms with Crippen molar-refractivity contribution in [2.45, 2.75) is 6.10 Å². The quantitative estimate of drug-likeness (QED) is 0.889. The van der Waals surface area contributed by atoms with Gasteiger partial charge in [-0.25, -0.2) is 0 Å². The molecule has 5 heteroatoms. The van der Waals surface area contributed by atoms with E-state index < -0.39 is 6.10 Å². The van der Waals surface area contributed by atoms with Crippen LogP contribution in [0.1, 0.15) is 17.2 Å². The highest BCUT2D eigenvalue weighted by molar-refractivity contribution is 6.33. The fraction of sp³-hybridized carbons (Fsp3) is 0.188. The van der Waals surface area contributed by atoms with Crippen LogP contribution in [-0.4, -0.2) is 18.8 Å². The molecule has 0 aromatic heterocycles. The number of hydrogen-bond acceptors (Lipinski definition) is 4. The highest BCUT2D eigenvalue weighted by Crippen LogP contribution is 2.24. The van der Waals surface area contributed by atoms with Crippen LogP contribution < -0.4 is 10.1 Å². The summed E-state index contributed by atoms with van der Waals surface area (Å²) in [7, 11) is 1.60. The number of nitrogens with one attached hydrogen (secondary N) is 1. The number of benzene rings is 2. The second-order valence-corrected chi connectivity index (χ2v) is 4.88. The van der Waals surface area contributed by atoms with Crippen molar-refractivity contribution in [3.8, 4) is 11.8 Å². The number of anilines is 1. The first kappa shape index (κ1) is 15.2. The van der Waals surface area contributed by atoms with Crippen LogP contribution in [-0.2, 0) is 0 Å². The van der Waals surface area contributed by atoms with Gasteiger partial charge in [0.1, 0.15) is 5.75 Å². The van der Waals surface area contributed by atoms with Gasteiger partial charge in [-0.2, -0.15) is 5.26 Å². The maximum atomic E-state index is 10.1. The molecular weight excluding hydrogens is 288 g/mol. The van der Waals surface area contributed by atoms with Crippen LogP contribution >= 0.6 is 11.6 Å². The van der Waals surface area contributed by atoms with Crippen molar-refractivity contribution in [3.63, 3.8) is 0 Å². The second-order valence-electron chi connectivity index (χ2n) is 4.48. The first-order valence-electron chi connectivity index (χ1n) is 6.39. The largest absolute Gasteiger partial charge is 0.497 e. The zero-order valence-corrected chi connectivity index (χ0v) is 12.3. The maximum absolute atomic E-state index is 10.1. The Morgan fingerprint density at radius 1 is 1.29 bits per heavy atom. The zero-order chi connectivity index (χ0) is 15.2. The lowest BCUT2D eigenvalue weighted by molar-refractivity contribution is 0.191. The van der Waals surface area contributed by atoms with Gasteiger partial charge in [0.25, 0.3) is 0 Å². The van der Waals surface area contributed by atoms with Gasteiger partial charge in [-0.1, -0.05) is 23.7 Å². The number of hydrogen-bond donors (Lipinski definition) is 2. The summed E-state index contributed by atoms with van der Waals surface area (Å²) >= 11 is 6.07. The first-order valence-corrected chi connectivity index (χ1v) is 6.77. The minimum absolute atomic E-state index is 0.317. The average molecular weight is 303 g/mol. The summed E-state index contributed by atoms with van der Waals surface area (Å²) in [4.78, 5) is 0. The highest BCUT2D eigenvalue weighted by Gasteiger charge is 2.09. The van der Waals surface area contributed by atoms with Crippen molar-refractivity contribution < 1.29 is 9.84 Å². The Kier molecular flexibility index (Phi) is 5.04. The van der Waals surface area contributed by atoms with E-state index in [9.17, 15) is 5.11 Å². The molecule has 0 spiro atoms. The topological polar surface area (TPSA) is 65.3 Å². The van der Waals surface area contributed by atoms with Gasteiger partial charge in [0.2, 0.25) is 0 Å². The number of methoxy groups -OCH3 is 1. The van der Waals surface area contributed by atoms with Crippen LogP contribution in [0.25, 0.3) is 0 Å². The molecule has 0 saturated carbocycles. The van der Waals surface area contributed by atoms with E-state index >= 15 is 0 Å². The van der Waals surface area contributed by atoms with Gasteiger partial charge < -0.3 is 15.2 Å². The monoisotopic (exact) mass is 302 g/mol. The molecule has 0 heterocycles. The number of rotatable bonds is 5. The molecule has 4 nitrogen and oxygen atoms in total. The average Bonchev–Trinajstić information content (AvgIpc) is 2.53. The van der Waals surface area contributed by atoms with Crippen molar-refractivity contribution in [3.05, 3.63) is 58.6 Å². The van der Waals surface area contributed by atoms with E-state index in [1.54, 1.807) is 37.4 Å². The molecule has 2 N–H and O–H groups in total. The standard InChI is InChI=1S/C16H15ClN2O2/c1-21-13-5-3-12(4-6-13)16(20)10-19-15-7-2-11(9-18)8-14(15)17/h2-8,16,19-20H,10H2,1H3. The predicted octanol–water partition coefficient (Wildman–Crippen LogP) is 3.37. The van der Waals surface area contributed by atoms with Gasteiger partial charge in [-0.3, -0.25) is 0 Å². The smallest absolute Gasteiger partial charge is 0.118 e. The second kappa shape index (κ2) is 6.98. The van der Waals surface area contributed by atoms with Crippen LogP contribution in [0, 0.1) is 11.3 Å². The van der Waals surface area contributed by atoms with E-state index in [2.05, 4.69) is 5.32 Å². The molecular formula is C16H15ClN2O2. The molecule has 0 aliphatic heterocycles. The van der Waals surface area contributed by atoms with E-state index in [0.29, 0.717) is 22.8 Å². The lowest BCUT2D eigenvalue weighted by Gasteiger charge is -2.14. The Balaban J connectivity index is 2.00. The van der Waals surface area contributed by atoms with Crippen LogP contribution in [0.3, 0.4) is 0 Å². The third-order valence-electron chi connectivity index (χ3n) is 3.08. The van der Waals surface area contributed by atoms with Gasteiger partial charge in [-0.05, 0) is 35.9 Å². The molecule has 0 fully saturated rings. The molecule has 21 heavy (non-hydrogen) atoms. The van der Waals surface area contributed by atoms with E-state index in [4.69, 9.17) is 21.6 Å². The SMILES string of the molecule is COc1ccc(C(O)CNc2ccc(C#N)cc2Cl)cc1. The lowest BCUT2D eigenvalue weighted by Crippen LogP contribution is -2.12. The van der Waals surface area contributed by atoms with E-state index in [-0.39, 0.29) is 0 Å². The molecule has 2 aromatic rings. The lowest BCUT2D eigenvalue weighted by atomic mass is 10.1. The molecule has 2 aromatic carbocycles. The molecule has 2 rings (SSSR count). The van der Waals surface area contributed by atoms with E-state index in [1.807, 2.05) is 18.2 Å². The minimum atomic E-state index is -0.664. The maximum Gasteiger partial charge on any atom is 0.118 e. The van der Waals surface area contributed by atoms with Gasteiger partial charge in [0, 0.05) is 6.54 Å². The molecule has 0 aliphatic rings. The Labute approximate surface area is 128 Å². The van der Waals surface area contributed by atoms with Crippen molar-refractivity contribution >= 4 is 17.3 Å². The summed E-state index contributed by atoms with van der Waals surface area (Å²) in [6.45, 7) is 0.317. The minimum Gasteiger partial charge on any atom is -0.497 e. The van der Waals surface area contributed by atoms with Crippen LogP contribution in [0.4, 0.5) is 5.69 Å². The molecule has 108 valence electrons. The van der Waals surface area contributed by atoms with Crippen LogP contribution in [0.15, 0.2) is 42.5 Å². The number of halogens is 1. The number of nitriles is 1. The molecule has 0 radical (unpaired) electrons. The third kappa shape index (κ3) is 3.88. The predicted molar refractivity (Wildman–Crippen MR) is 82.6 cm³/mol.